The minimum Gasteiger partial charge on any atom is -0.333 e. The second kappa shape index (κ2) is 5.17. The fraction of sp³-hybridized carbons (Fsp3) is 0.385. The predicted octanol–water partition coefficient (Wildman–Crippen LogP) is 3.66. The minimum absolute atomic E-state index is 0.155. The predicted molar refractivity (Wildman–Crippen MR) is 71.9 cm³/mol. The topological polar surface area (TPSA) is 51.0 Å². The molecule has 0 spiro atoms. The van der Waals surface area contributed by atoms with Gasteiger partial charge < -0.3 is 9.84 Å². The van der Waals surface area contributed by atoms with Crippen LogP contribution < -0.4 is 5.32 Å². The SMILES string of the molecule is CC(C)(C)Nc1nc(Cc2ccc(F)cc2Cl)no1. The van der Waals surface area contributed by atoms with Crippen molar-refractivity contribution in [1.82, 2.24) is 10.1 Å². The lowest BCUT2D eigenvalue weighted by atomic mass is 10.1. The Morgan fingerprint density at radius 3 is 2.74 bits per heavy atom. The lowest BCUT2D eigenvalue weighted by Gasteiger charge is -2.17. The zero-order valence-corrected chi connectivity index (χ0v) is 11.8. The van der Waals surface area contributed by atoms with E-state index in [1.165, 1.54) is 12.1 Å². The van der Waals surface area contributed by atoms with E-state index in [9.17, 15) is 4.39 Å². The van der Waals surface area contributed by atoms with Crippen molar-refractivity contribution >= 4 is 17.6 Å². The highest BCUT2D eigenvalue weighted by molar-refractivity contribution is 6.31. The number of hydrogen-bond acceptors (Lipinski definition) is 4. The Morgan fingerprint density at radius 1 is 1.37 bits per heavy atom. The number of rotatable bonds is 3. The molecule has 0 aliphatic rings. The molecule has 2 aromatic rings. The fourth-order valence-electron chi connectivity index (χ4n) is 1.53. The highest BCUT2D eigenvalue weighted by Crippen LogP contribution is 2.20. The molecule has 0 unspecified atom stereocenters. The van der Waals surface area contributed by atoms with Crippen molar-refractivity contribution in [3.8, 4) is 0 Å². The Morgan fingerprint density at radius 2 is 2.11 bits per heavy atom. The highest BCUT2D eigenvalue weighted by Gasteiger charge is 2.15. The second-order valence-corrected chi connectivity index (χ2v) is 5.71. The third-order valence-electron chi connectivity index (χ3n) is 2.31. The highest BCUT2D eigenvalue weighted by atomic mass is 35.5. The van der Waals surface area contributed by atoms with Crippen LogP contribution in [0.5, 0.6) is 0 Å². The zero-order chi connectivity index (χ0) is 14.0. The smallest absolute Gasteiger partial charge is 0.321 e. The monoisotopic (exact) mass is 283 g/mol. The Labute approximate surface area is 116 Å². The molecule has 6 heteroatoms. The van der Waals surface area contributed by atoms with Crippen molar-refractivity contribution in [3.05, 3.63) is 40.4 Å². The summed E-state index contributed by atoms with van der Waals surface area (Å²) in [4.78, 5) is 4.21. The van der Waals surface area contributed by atoms with E-state index < -0.39 is 0 Å². The Balaban J connectivity index is 2.11. The van der Waals surface area contributed by atoms with E-state index in [0.29, 0.717) is 23.3 Å². The summed E-state index contributed by atoms with van der Waals surface area (Å²) in [7, 11) is 0. The van der Waals surface area contributed by atoms with Gasteiger partial charge in [-0.2, -0.15) is 4.98 Å². The van der Waals surface area contributed by atoms with Gasteiger partial charge in [-0.25, -0.2) is 4.39 Å². The Kier molecular flexibility index (Phi) is 3.75. The molecule has 0 aliphatic carbocycles. The van der Waals surface area contributed by atoms with E-state index >= 15 is 0 Å². The van der Waals surface area contributed by atoms with Gasteiger partial charge in [-0.15, -0.1) is 0 Å². The van der Waals surface area contributed by atoms with Crippen molar-refractivity contribution in [2.75, 3.05) is 5.32 Å². The van der Waals surface area contributed by atoms with Crippen LogP contribution in [0, 0.1) is 5.82 Å². The molecule has 0 amide bonds. The van der Waals surface area contributed by atoms with Gasteiger partial charge in [0.1, 0.15) is 5.82 Å². The summed E-state index contributed by atoms with van der Waals surface area (Å²) in [5.74, 6) is 0.136. The Hall–Kier alpha value is -1.62. The first-order valence-electron chi connectivity index (χ1n) is 5.88. The zero-order valence-electron chi connectivity index (χ0n) is 11.0. The molecule has 0 saturated carbocycles. The fourth-order valence-corrected chi connectivity index (χ4v) is 1.77. The quantitative estimate of drug-likeness (QED) is 0.934. The van der Waals surface area contributed by atoms with Crippen LogP contribution in [0.2, 0.25) is 5.02 Å². The molecule has 1 aromatic heterocycles. The standard InChI is InChI=1S/C13H15ClFN3O/c1-13(2,3)17-12-16-11(18-19-12)6-8-4-5-9(15)7-10(8)14/h4-5,7H,6H2,1-3H3,(H,16,17,18). The van der Waals surface area contributed by atoms with Crippen LogP contribution in [0.25, 0.3) is 0 Å². The number of benzene rings is 1. The number of halogens is 2. The van der Waals surface area contributed by atoms with Crippen LogP contribution in [0.1, 0.15) is 32.2 Å². The summed E-state index contributed by atoms with van der Waals surface area (Å²) in [6, 6.07) is 4.60. The average molecular weight is 284 g/mol. The third-order valence-corrected chi connectivity index (χ3v) is 2.67. The van der Waals surface area contributed by atoms with Gasteiger partial charge in [-0.05, 0) is 38.5 Å². The molecule has 0 aliphatic heterocycles. The van der Waals surface area contributed by atoms with Gasteiger partial charge >= 0.3 is 6.01 Å². The number of nitrogens with zero attached hydrogens (tertiary/aromatic N) is 2. The molecule has 1 aromatic carbocycles. The number of hydrogen-bond donors (Lipinski definition) is 1. The van der Waals surface area contributed by atoms with E-state index in [1.807, 2.05) is 20.8 Å². The summed E-state index contributed by atoms with van der Waals surface area (Å²) < 4.78 is 18.0. The molecule has 0 bridgehead atoms. The first-order valence-corrected chi connectivity index (χ1v) is 6.26. The van der Waals surface area contributed by atoms with Gasteiger partial charge in [0, 0.05) is 17.0 Å². The van der Waals surface area contributed by atoms with Crippen molar-refractivity contribution in [2.24, 2.45) is 0 Å². The van der Waals surface area contributed by atoms with E-state index in [-0.39, 0.29) is 11.4 Å². The molecule has 0 radical (unpaired) electrons. The van der Waals surface area contributed by atoms with Crippen molar-refractivity contribution in [3.63, 3.8) is 0 Å². The summed E-state index contributed by atoms with van der Waals surface area (Å²) in [6.07, 6.45) is 0.397. The maximum Gasteiger partial charge on any atom is 0.321 e. The van der Waals surface area contributed by atoms with Gasteiger partial charge in [-0.3, -0.25) is 0 Å². The van der Waals surface area contributed by atoms with E-state index in [1.54, 1.807) is 6.07 Å². The van der Waals surface area contributed by atoms with Crippen LogP contribution in [-0.4, -0.2) is 15.7 Å². The van der Waals surface area contributed by atoms with E-state index in [0.717, 1.165) is 5.56 Å². The largest absolute Gasteiger partial charge is 0.333 e. The molecular formula is C13H15ClFN3O. The van der Waals surface area contributed by atoms with Gasteiger partial charge in [-0.1, -0.05) is 22.8 Å². The van der Waals surface area contributed by atoms with Crippen molar-refractivity contribution in [1.29, 1.82) is 0 Å². The third kappa shape index (κ3) is 3.92. The summed E-state index contributed by atoms with van der Waals surface area (Å²) in [5.41, 5.74) is 0.600. The molecule has 0 fully saturated rings. The second-order valence-electron chi connectivity index (χ2n) is 5.30. The molecule has 1 heterocycles. The number of anilines is 1. The molecule has 2 rings (SSSR count). The number of aromatic nitrogens is 2. The Bertz CT molecular complexity index is 578. The molecule has 1 N–H and O–H groups in total. The van der Waals surface area contributed by atoms with E-state index in [4.69, 9.17) is 16.1 Å². The molecule has 0 saturated heterocycles. The minimum atomic E-state index is -0.364. The first-order chi connectivity index (χ1) is 8.83. The van der Waals surface area contributed by atoms with Crippen LogP contribution in [0.15, 0.2) is 22.7 Å². The van der Waals surface area contributed by atoms with Gasteiger partial charge in [0.05, 0.1) is 0 Å². The van der Waals surface area contributed by atoms with Crippen LogP contribution in [-0.2, 0) is 6.42 Å². The van der Waals surface area contributed by atoms with Crippen LogP contribution in [0.4, 0.5) is 10.4 Å². The van der Waals surface area contributed by atoms with Crippen molar-refractivity contribution in [2.45, 2.75) is 32.7 Å². The summed E-state index contributed by atoms with van der Waals surface area (Å²) in [6.45, 7) is 5.98. The molecule has 4 nitrogen and oxygen atoms in total. The lowest BCUT2D eigenvalue weighted by Crippen LogP contribution is -2.26. The van der Waals surface area contributed by atoms with Gasteiger partial charge in [0.25, 0.3) is 0 Å². The summed E-state index contributed by atoms with van der Waals surface area (Å²) >= 11 is 5.95. The first kappa shape index (κ1) is 13.8. The van der Waals surface area contributed by atoms with Crippen molar-refractivity contribution < 1.29 is 8.91 Å². The lowest BCUT2D eigenvalue weighted by molar-refractivity contribution is 0.413. The maximum absolute atomic E-state index is 12.9. The van der Waals surface area contributed by atoms with E-state index in [2.05, 4.69) is 15.5 Å². The maximum atomic E-state index is 12.9. The van der Waals surface area contributed by atoms with Crippen LogP contribution >= 0.6 is 11.6 Å². The average Bonchev–Trinajstić information content (AvgIpc) is 2.67. The molecule has 102 valence electrons. The summed E-state index contributed by atoms with van der Waals surface area (Å²) in [5, 5.41) is 7.29. The molecule has 0 atom stereocenters. The van der Waals surface area contributed by atoms with Gasteiger partial charge in [0.2, 0.25) is 0 Å². The number of nitrogens with one attached hydrogen (secondary N) is 1. The normalized spacial score (nSPS) is 11.6. The van der Waals surface area contributed by atoms with Gasteiger partial charge in [0.15, 0.2) is 5.82 Å². The molecular weight excluding hydrogens is 269 g/mol. The van der Waals surface area contributed by atoms with Crippen LogP contribution in [0.3, 0.4) is 0 Å². The molecule has 19 heavy (non-hydrogen) atoms.